The molecule has 2 aliphatic heterocycles. The van der Waals surface area contributed by atoms with Crippen molar-refractivity contribution in [2.24, 2.45) is 0 Å². The van der Waals surface area contributed by atoms with Crippen molar-refractivity contribution >= 4 is 35.6 Å². The molecule has 0 saturated carbocycles. The SMILES string of the molecule is CC(=O)NCc1ccc(S(=O)(=O)N([C@@H]2CCS(=O)(=O)C2)[C@H]2CCS(=O)(=O)C2)cc1. The lowest BCUT2D eigenvalue weighted by molar-refractivity contribution is -0.119. The second kappa shape index (κ2) is 7.97. The zero-order chi connectivity index (χ0) is 21.4. The fraction of sp³-hybridized carbons (Fsp3) is 0.588. The molecule has 0 bridgehead atoms. The van der Waals surface area contributed by atoms with Crippen LogP contribution < -0.4 is 5.32 Å². The number of amides is 1. The van der Waals surface area contributed by atoms with Crippen LogP contribution in [0.2, 0.25) is 0 Å². The van der Waals surface area contributed by atoms with Crippen LogP contribution in [0.15, 0.2) is 29.2 Å². The number of rotatable bonds is 6. The first-order chi connectivity index (χ1) is 13.4. The number of nitrogens with zero attached hydrogens (tertiary/aromatic N) is 1. The number of hydrogen-bond acceptors (Lipinski definition) is 7. The smallest absolute Gasteiger partial charge is 0.243 e. The molecule has 0 unspecified atom stereocenters. The second-order valence-corrected chi connectivity index (χ2v) is 13.8. The van der Waals surface area contributed by atoms with E-state index in [0.29, 0.717) is 5.56 Å². The molecule has 2 aliphatic rings. The minimum absolute atomic E-state index is 0.0299. The van der Waals surface area contributed by atoms with Gasteiger partial charge in [0.1, 0.15) is 0 Å². The van der Waals surface area contributed by atoms with Gasteiger partial charge in [0.15, 0.2) is 19.7 Å². The Morgan fingerprint density at radius 2 is 1.48 bits per heavy atom. The van der Waals surface area contributed by atoms with Crippen molar-refractivity contribution in [3.63, 3.8) is 0 Å². The third kappa shape index (κ3) is 5.16. The minimum Gasteiger partial charge on any atom is -0.352 e. The first kappa shape index (κ1) is 22.2. The maximum atomic E-state index is 13.4. The monoisotopic (exact) mass is 464 g/mol. The van der Waals surface area contributed by atoms with Gasteiger partial charge in [0.25, 0.3) is 0 Å². The van der Waals surface area contributed by atoms with Gasteiger partial charge in [-0.25, -0.2) is 25.3 Å². The summed E-state index contributed by atoms with van der Waals surface area (Å²) in [5.74, 6) is -1.04. The summed E-state index contributed by atoms with van der Waals surface area (Å²) in [5.41, 5.74) is 0.706. The number of sulfone groups is 2. The van der Waals surface area contributed by atoms with E-state index in [1.165, 1.54) is 19.1 Å². The van der Waals surface area contributed by atoms with Crippen LogP contribution in [0, 0.1) is 0 Å². The summed E-state index contributed by atoms with van der Waals surface area (Å²) in [6, 6.07) is 4.37. The second-order valence-electron chi connectivity index (χ2n) is 7.50. The van der Waals surface area contributed by atoms with Gasteiger partial charge in [0.2, 0.25) is 15.9 Å². The molecular formula is C17H24N2O7S3. The molecule has 1 aromatic rings. The number of carbonyl (C=O) groups is 1. The van der Waals surface area contributed by atoms with Crippen molar-refractivity contribution in [1.82, 2.24) is 9.62 Å². The Balaban J connectivity index is 1.92. The lowest BCUT2D eigenvalue weighted by atomic mass is 10.2. The lowest BCUT2D eigenvalue weighted by Crippen LogP contribution is -2.48. The molecule has 0 spiro atoms. The van der Waals surface area contributed by atoms with E-state index in [0.717, 1.165) is 4.31 Å². The highest BCUT2D eigenvalue weighted by Crippen LogP contribution is 2.31. The van der Waals surface area contributed by atoms with Crippen LogP contribution in [-0.4, -0.2) is 70.6 Å². The first-order valence-electron chi connectivity index (χ1n) is 9.17. The van der Waals surface area contributed by atoms with E-state index in [4.69, 9.17) is 0 Å². The Morgan fingerprint density at radius 3 is 1.86 bits per heavy atom. The summed E-state index contributed by atoms with van der Waals surface area (Å²) in [7, 11) is -10.8. The van der Waals surface area contributed by atoms with Gasteiger partial charge in [-0.05, 0) is 30.5 Å². The summed E-state index contributed by atoms with van der Waals surface area (Å²) in [6.07, 6.45) is 0.303. The number of sulfonamides is 1. The van der Waals surface area contributed by atoms with Crippen molar-refractivity contribution in [3.05, 3.63) is 29.8 Å². The molecule has 29 heavy (non-hydrogen) atoms. The summed E-state index contributed by atoms with van der Waals surface area (Å²) in [6.45, 7) is 1.63. The fourth-order valence-corrected chi connectivity index (χ4v) is 9.25. The highest BCUT2D eigenvalue weighted by molar-refractivity contribution is 7.92. The lowest BCUT2D eigenvalue weighted by Gasteiger charge is -2.32. The van der Waals surface area contributed by atoms with Crippen LogP contribution in [0.3, 0.4) is 0 Å². The summed E-state index contributed by atoms with van der Waals surface area (Å²) in [4.78, 5) is 11.0. The van der Waals surface area contributed by atoms with E-state index < -0.39 is 41.8 Å². The molecule has 12 heteroatoms. The largest absolute Gasteiger partial charge is 0.352 e. The quantitative estimate of drug-likeness (QED) is 0.610. The third-order valence-corrected chi connectivity index (χ3v) is 10.7. The predicted molar refractivity (Wildman–Crippen MR) is 107 cm³/mol. The van der Waals surface area contributed by atoms with Crippen LogP contribution >= 0.6 is 0 Å². The van der Waals surface area contributed by atoms with E-state index in [-0.39, 0.29) is 53.2 Å². The molecule has 2 saturated heterocycles. The molecule has 0 aromatic heterocycles. The average Bonchev–Trinajstić information content (AvgIpc) is 3.14. The molecule has 1 N–H and O–H groups in total. The normalized spacial score (nSPS) is 25.9. The number of hydrogen-bond donors (Lipinski definition) is 1. The molecule has 1 aromatic carbocycles. The molecule has 0 radical (unpaired) electrons. The molecule has 2 fully saturated rings. The number of nitrogens with one attached hydrogen (secondary N) is 1. The Morgan fingerprint density at radius 1 is 1.00 bits per heavy atom. The fourth-order valence-electron chi connectivity index (χ4n) is 3.77. The van der Waals surface area contributed by atoms with Gasteiger partial charge in [-0.3, -0.25) is 4.79 Å². The van der Waals surface area contributed by atoms with Crippen molar-refractivity contribution in [2.75, 3.05) is 23.0 Å². The Bertz CT molecular complexity index is 1050. The third-order valence-electron chi connectivity index (χ3n) is 5.18. The number of benzene rings is 1. The van der Waals surface area contributed by atoms with Crippen LogP contribution in [0.4, 0.5) is 0 Å². The average molecular weight is 465 g/mol. The van der Waals surface area contributed by atoms with Gasteiger partial charge >= 0.3 is 0 Å². The predicted octanol–water partition coefficient (Wildman–Crippen LogP) is -0.312. The molecule has 2 heterocycles. The van der Waals surface area contributed by atoms with Crippen molar-refractivity contribution in [3.8, 4) is 0 Å². The van der Waals surface area contributed by atoms with Gasteiger partial charge < -0.3 is 5.32 Å². The van der Waals surface area contributed by atoms with Gasteiger partial charge in [-0.2, -0.15) is 4.31 Å². The highest BCUT2D eigenvalue weighted by Gasteiger charge is 2.45. The Labute approximate surface area is 171 Å². The molecule has 162 valence electrons. The summed E-state index contributed by atoms with van der Waals surface area (Å²) < 4.78 is 75.7. The topological polar surface area (TPSA) is 135 Å². The van der Waals surface area contributed by atoms with E-state index in [2.05, 4.69) is 5.32 Å². The number of carbonyl (C=O) groups excluding carboxylic acids is 1. The summed E-state index contributed by atoms with van der Waals surface area (Å²) in [5, 5.41) is 2.62. The molecule has 2 atom stereocenters. The van der Waals surface area contributed by atoms with E-state index in [1.54, 1.807) is 12.1 Å². The van der Waals surface area contributed by atoms with E-state index in [1.807, 2.05) is 0 Å². The van der Waals surface area contributed by atoms with Crippen LogP contribution in [0.5, 0.6) is 0 Å². The van der Waals surface area contributed by atoms with Gasteiger partial charge in [0, 0.05) is 25.6 Å². The highest BCUT2D eigenvalue weighted by atomic mass is 32.2. The minimum atomic E-state index is -4.10. The zero-order valence-electron chi connectivity index (χ0n) is 15.9. The van der Waals surface area contributed by atoms with Crippen LogP contribution in [-0.2, 0) is 41.0 Å². The van der Waals surface area contributed by atoms with Crippen molar-refractivity contribution < 1.29 is 30.0 Å². The molecule has 9 nitrogen and oxygen atoms in total. The van der Waals surface area contributed by atoms with Gasteiger partial charge in [-0.15, -0.1) is 0 Å². The van der Waals surface area contributed by atoms with E-state index in [9.17, 15) is 30.0 Å². The standard InChI is InChI=1S/C17H24N2O7S3/c1-13(20)18-10-14-2-4-17(5-3-14)29(25,26)19(15-6-8-27(21,22)11-15)16-7-9-28(23,24)12-16/h2-5,15-16H,6-12H2,1H3,(H,18,20)/t15-,16+. The Kier molecular flexibility index (Phi) is 6.10. The van der Waals surface area contributed by atoms with Crippen molar-refractivity contribution in [2.45, 2.75) is 43.3 Å². The first-order valence-corrected chi connectivity index (χ1v) is 14.3. The van der Waals surface area contributed by atoms with Crippen LogP contribution in [0.1, 0.15) is 25.3 Å². The van der Waals surface area contributed by atoms with Crippen LogP contribution in [0.25, 0.3) is 0 Å². The maximum Gasteiger partial charge on any atom is 0.243 e. The van der Waals surface area contributed by atoms with E-state index >= 15 is 0 Å². The molecular weight excluding hydrogens is 440 g/mol. The zero-order valence-corrected chi connectivity index (χ0v) is 18.4. The summed E-state index contributed by atoms with van der Waals surface area (Å²) >= 11 is 0. The van der Waals surface area contributed by atoms with Gasteiger partial charge in [0.05, 0.1) is 27.9 Å². The van der Waals surface area contributed by atoms with Crippen molar-refractivity contribution in [1.29, 1.82) is 0 Å². The Hall–Kier alpha value is -1.50. The van der Waals surface area contributed by atoms with Gasteiger partial charge in [-0.1, -0.05) is 12.1 Å². The molecule has 1 amide bonds. The molecule has 3 rings (SSSR count). The maximum absolute atomic E-state index is 13.4. The molecule has 0 aliphatic carbocycles.